The molecule has 3 unspecified atom stereocenters. The van der Waals surface area contributed by atoms with Gasteiger partial charge < -0.3 is 10.0 Å². The standard InChI is InChI=1S/C22H22ClN5O2S2/c1-12(2)20(28-11-15(25-26-28)18-7-8-19(23)31-18)22(30)27-10-13(29)9-16(27)21-24-14-5-3-4-6-17(14)32-21/h3-8,11-13,16,20,29H,9-10H2,1-2H3. The van der Waals surface area contributed by atoms with E-state index in [1.165, 1.54) is 11.3 Å². The lowest BCUT2D eigenvalue weighted by atomic mass is 10.0. The molecule has 4 heterocycles. The number of rotatable bonds is 5. The maximum absolute atomic E-state index is 13.8. The second kappa shape index (κ2) is 8.55. The number of hydrogen-bond acceptors (Lipinski definition) is 7. The number of carbonyl (C=O) groups excluding carboxylic acids is 1. The number of para-hydroxylation sites is 1. The van der Waals surface area contributed by atoms with Crippen molar-refractivity contribution in [2.45, 2.75) is 38.5 Å². The summed E-state index contributed by atoms with van der Waals surface area (Å²) in [6, 6.07) is 10.9. The van der Waals surface area contributed by atoms with Crippen molar-refractivity contribution in [3.63, 3.8) is 0 Å². The lowest BCUT2D eigenvalue weighted by Crippen LogP contribution is -2.40. The van der Waals surface area contributed by atoms with E-state index in [0.717, 1.165) is 20.1 Å². The first-order valence-corrected chi connectivity index (χ1v) is 12.4. The van der Waals surface area contributed by atoms with Crippen molar-refractivity contribution in [1.29, 1.82) is 0 Å². The van der Waals surface area contributed by atoms with E-state index in [9.17, 15) is 9.90 Å². The molecule has 1 amide bonds. The van der Waals surface area contributed by atoms with E-state index in [1.807, 2.05) is 50.2 Å². The van der Waals surface area contributed by atoms with Crippen LogP contribution in [0.3, 0.4) is 0 Å². The van der Waals surface area contributed by atoms with Crippen LogP contribution in [0.2, 0.25) is 4.34 Å². The number of aromatic nitrogens is 4. The Kier molecular flexibility index (Phi) is 5.75. The van der Waals surface area contributed by atoms with E-state index in [1.54, 1.807) is 27.1 Å². The largest absolute Gasteiger partial charge is 0.391 e. The first-order valence-electron chi connectivity index (χ1n) is 10.4. The summed E-state index contributed by atoms with van der Waals surface area (Å²) in [4.78, 5) is 21.2. The molecule has 0 saturated carbocycles. The summed E-state index contributed by atoms with van der Waals surface area (Å²) < 4.78 is 3.39. The number of amides is 1. The lowest BCUT2D eigenvalue weighted by molar-refractivity contribution is -0.137. The van der Waals surface area contributed by atoms with Gasteiger partial charge in [-0.2, -0.15) is 0 Å². The van der Waals surface area contributed by atoms with Gasteiger partial charge in [-0.25, -0.2) is 9.67 Å². The fraction of sp³-hybridized carbons (Fsp3) is 0.364. The topological polar surface area (TPSA) is 84.1 Å². The van der Waals surface area contributed by atoms with Crippen LogP contribution < -0.4 is 0 Å². The Labute approximate surface area is 198 Å². The van der Waals surface area contributed by atoms with Gasteiger partial charge in [0, 0.05) is 13.0 Å². The second-order valence-corrected chi connectivity index (χ2v) is 11.1. The highest BCUT2D eigenvalue weighted by Crippen LogP contribution is 2.39. The Morgan fingerprint density at radius 1 is 1.22 bits per heavy atom. The molecule has 3 atom stereocenters. The number of hydrogen-bond donors (Lipinski definition) is 1. The highest BCUT2D eigenvalue weighted by molar-refractivity contribution is 7.19. The normalized spacial score (nSPS) is 19.8. The highest BCUT2D eigenvalue weighted by atomic mass is 35.5. The van der Waals surface area contributed by atoms with Gasteiger partial charge in [0.15, 0.2) is 0 Å². The maximum Gasteiger partial charge on any atom is 0.248 e. The third-order valence-electron chi connectivity index (χ3n) is 5.66. The first-order chi connectivity index (χ1) is 15.4. The molecule has 5 rings (SSSR count). The van der Waals surface area contributed by atoms with E-state index in [2.05, 4.69) is 10.3 Å². The first kappa shape index (κ1) is 21.5. The van der Waals surface area contributed by atoms with E-state index in [-0.39, 0.29) is 24.4 Å². The molecule has 0 spiro atoms. The van der Waals surface area contributed by atoms with Crippen molar-refractivity contribution in [2.24, 2.45) is 5.92 Å². The smallest absolute Gasteiger partial charge is 0.248 e. The Balaban J connectivity index is 1.46. The average molecular weight is 488 g/mol. The third-order valence-corrected chi connectivity index (χ3v) is 8.05. The molecule has 1 aromatic carbocycles. The number of aliphatic hydroxyl groups excluding tert-OH is 1. The zero-order chi connectivity index (χ0) is 22.4. The Morgan fingerprint density at radius 2 is 2.03 bits per heavy atom. The summed E-state index contributed by atoms with van der Waals surface area (Å²) >= 11 is 9.06. The third kappa shape index (κ3) is 3.94. The molecular formula is C22H22ClN5O2S2. The van der Waals surface area contributed by atoms with Crippen LogP contribution in [0.5, 0.6) is 0 Å². The zero-order valence-electron chi connectivity index (χ0n) is 17.6. The molecule has 1 fully saturated rings. The monoisotopic (exact) mass is 487 g/mol. The molecule has 4 aromatic rings. The van der Waals surface area contributed by atoms with Gasteiger partial charge in [-0.1, -0.05) is 42.8 Å². The SMILES string of the molecule is CC(C)C(C(=O)N1CC(O)CC1c1nc2ccccc2s1)n1cc(-c2ccc(Cl)s2)nn1. The minimum Gasteiger partial charge on any atom is -0.391 e. The van der Waals surface area contributed by atoms with Crippen molar-refractivity contribution >= 4 is 50.4 Å². The molecule has 1 N–H and O–H groups in total. The Bertz CT molecular complexity index is 1230. The molecule has 1 aliphatic heterocycles. The van der Waals surface area contributed by atoms with Crippen molar-refractivity contribution in [1.82, 2.24) is 24.9 Å². The number of fused-ring (bicyclic) bond motifs is 1. The van der Waals surface area contributed by atoms with Gasteiger partial charge in [0.25, 0.3) is 0 Å². The fourth-order valence-corrected chi connectivity index (χ4v) is 6.26. The predicted molar refractivity (Wildman–Crippen MR) is 127 cm³/mol. The van der Waals surface area contributed by atoms with Crippen molar-refractivity contribution in [3.8, 4) is 10.6 Å². The van der Waals surface area contributed by atoms with Gasteiger partial charge >= 0.3 is 0 Å². The molecule has 32 heavy (non-hydrogen) atoms. The molecule has 1 saturated heterocycles. The fourth-order valence-electron chi connectivity index (χ4n) is 4.18. The van der Waals surface area contributed by atoms with Gasteiger partial charge in [-0.3, -0.25) is 4.79 Å². The van der Waals surface area contributed by atoms with E-state index < -0.39 is 12.1 Å². The van der Waals surface area contributed by atoms with Crippen LogP contribution in [0.25, 0.3) is 20.8 Å². The molecule has 0 aliphatic carbocycles. The Morgan fingerprint density at radius 3 is 2.75 bits per heavy atom. The summed E-state index contributed by atoms with van der Waals surface area (Å²) in [7, 11) is 0. The maximum atomic E-state index is 13.8. The predicted octanol–water partition coefficient (Wildman–Crippen LogP) is 4.80. The minimum absolute atomic E-state index is 0.0160. The number of likely N-dealkylation sites (tertiary alicyclic amines) is 1. The number of aliphatic hydroxyl groups is 1. The molecule has 0 bridgehead atoms. The van der Waals surface area contributed by atoms with E-state index in [4.69, 9.17) is 16.6 Å². The molecule has 1 aliphatic rings. The minimum atomic E-state index is -0.580. The second-order valence-electron chi connectivity index (χ2n) is 8.29. The van der Waals surface area contributed by atoms with Crippen molar-refractivity contribution in [3.05, 3.63) is 51.9 Å². The average Bonchev–Trinajstić information content (AvgIpc) is 3.52. The molecule has 166 valence electrons. The molecule has 10 heteroatoms. The van der Waals surface area contributed by atoms with Crippen LogP contribution >= 0.6 is 34.3 Å². The quantitative estimate of drug-likeness (QED) is 0.437. The van der Waals surface area contributed by atoms with Gasteiger partial charge in [0.2, 0.25) is 5.91 Å². The Hall–Kier alpha value is -2.33. The number of benzene rings is 1. The van der Waals surface area contributed by atoms with Gasteiger partial charge in [-0.05, 0) is 30.2 Å². The number of halogens is 1. The number of thiazole rings is 1. The van der Waals surface area contributed by atoms with Gasteiger partial charge in [0.1, 0.15) is 16.7 Å². The van der Waals surface area contributed by atoms with Crippen LogP contribution in [-0.2, 0) is 4.79 Å². The van der Waals surface area contributed by atoms with Crippen molar-refractivity contribution in [2.75, 3.05) is 6.54 Å². The summed E-state index contributed by atoms with van der Waals surface area (Å²) in [6.07, 6.45) is 1.69. The van der Waals surface area contributed by atoms with Crippen LogP contribution in [0.4, 0.5) is 0 Å². The van der Waals surface area contributed by atoms with Crippen LogP contribution in [-0.4, -0.2) is 48.5 Å². The summed E-state index contributed by atoms with van der Waals surface area (Å²) in [5.74, 6) is -0.0980. The van der Waals surface area contributed by atoms with Gasteiger partial charge in [-0.15, -0.1) is 27.8 Å². The van der Waals surface area contributed by atoms with Crippen LogP contribution in [0, 0.1) is 5.92 Å². The van der Waals surface area contributed by atoms with Crippen LogP contribution in [0.1, 0.15) is 37.4 Å². The summed E-state index contributed by atoms with van der Waals surface area (Å²) in [5.41, 5.74) is 1.60. The molecule has 0 radical (unpaired) electrons. The number of nitrogens with zero attached hydrogens (tertiary/aromatic N) is 5. The summed E-state index contributed by atoms with van der Waals surface area (Å²) in [5, 5.41) is 19.8. The molecule has 7 nitrogen and oxygen atoms in total. The lowest BCUT2D eigenvalue weighted by Gasteiger charge is -2.29. The molecular weight excluding hydrogens is 466 g/mol. The number of carbonyl (C=O) groups is 1. The number of thiophene rings is 1. The highest BCUT2D eigenvalue weighted by Gasteiger charge is 2.41. The van der Waals surface area contributed by atoms with Crippen molar-refractivity contribution < 1.29 is 9.90 Å². The van der Waals surface area contributed by atoms with E-state index in [0.29, 0.717) is 16.5 Å². The molecule has 3 aromatic heterocycles. The zero-order valence-corrected chi connectivity index (χ0v) is 19.9. The van der Waals surface area contributed by atoms with E-state index >= 15 is 0 Å². The summed E-state index contributed by atoms with van der Waals surface area (Å²) in [6.45, 7) is 4.26. The van der Waals surface area contributed by atoms with Crippen LogP contribution in [0.15, 0.2) is 42.6 Å². The van der Waals surface area contributed by atoms with Gasteiger partial charge in [0.05, 0.1) is 37.8 Å². The number of β-amino-alcohol motifs (C(OH)–C–C–N with tert-alkyl or cyclic N) is 1.